The summed E-state index contributed by atoms with van der Waals surface area (Å²) in [5, 5.41) is 4.05. The first kappa shape index (κ1) is 21.3. The zero-order chi connectivity index (χ0) is 21.5. The third-order valence-corrected chi connectivity index (χ3v) is 5.15. The van der Waals surface area contributed by atoms with Crippen LogP contribution < -0.4 is 27.3 Å². The predicted molar refractivity (Wildman–Crippen MR) is 126 cm³/mol. The van der Waals surface area contributed by atoms with Gasteiger partial charge in [0, 0.05) is 29.4 Å². The average molecular weight is 401 g/mol. The van der Waals surface area contributed by atoms with Gasteiger partial charge < -0.3 is 15.5 Å². The largest absolute Gasteiger partial charge is 0.423 e. The molecule has 0 saturated heterocycles. The molecule has 0 unspecified atom stereocenters. The van der Waals surface area contributed by atoms with Crippen molar-refractivity contribution in [3.8, 4) is 0 Å². The van der Waals surface area contributed by atoms with Gasteiger partial charge in [-0.3, -0.25) is 0 Å². The molecule has 4 heteroatoms. The fourth-order valence-corrected chi connectivity index (χ4v) is 3.56. The Kier molecular flexibility index (Phi) is 7.04. The number of likely N-dealkylation sites (N-methyl/N-ethyl adjacent to an activating group) is 1. The molecule has 2 aromatic rings. The summed E-state index contributed by atoms with van der Waals surface area (Å²) in [6.45, 7) is 6.60. The molecular formula is C26H28N2O2. The van der Waals surface area contributed by atoms with Gasteiger partial charge in [0.2, 0.25) is 0 Å². The first-order valence-corrected chi connectivity index (χ1v) is 10.1. The van der Waals surface area contributed by atoms with E-state index in [0.29, 0.717) is 29.5 Å². The number of nitrogen functional groups attached to an aromatic ring is 1. The quantitative estimate of drug-likeness (QED) is 0.554. The summed E-state index contributed by atoms with van der Waals surface area (Å²) in [6.07, 6.45) is 15.2. The van der Waals surface area contributed by atoms with Crippen LogP contribution in [0.15, 0.2) is 81.6 Å². The minimum Gasteiger partial charge on any atom is -0.423 e. The smallest absolute Gasteiger partial charge is 0.340 e. The summed E-state index contributed by atoms with van der Waals surface area (Å²) in [5.41, 5.74) is 11.7. The van der Waals surface area contributed by atoms with Crippen molar-refractivity contribution in [1.82, 2.24) is 5.32 Å². The Balaban J connectivity index is 2.04. The lowest BCUT2D eigenvalue weighted by molar-refractivity contribution is 0.464. The Labute approximate surface area is 177 Å². The van der Waals surface area contributed by atoms with Crippen molar-refractivity contribution >= 4 is 17.8 Å². The van der Waals surface area contributed by atoms with E-state index in [0.717, 1.165) is 34.0 Å². The number of allylic oxidation sites excluding steroid dienone is 6. The summed E-state index contributed by atoms with van der Waals surface area (Å²) >= 11 is 0. The van der Waals surface area contributed by atoms with Gasteiger partial charge in [-0.25, -0.2) is 4.79 Å². The maximum absolute atomic E-state index is 12.7. The Bertz CT molecular complexity index is 1210. The number of hydrogen-bond donors (Lipinski definition) is 2. The molecule has 3 N–H and O–H groups in total. The molecule has 30 heavy (non-hydrogen) atoms. The third kappa shape index (κ3) is 4.97. The van der Waals surface area contributed by atoms with Gasteiger partial charge >= 0.3 is 5.63 Å². The van der Waals surface area contributed by atoms with Crippen molar-refractivity contribution in [3.63, 3.8) is 0 Å². The first-order chi connectivity index (χ1) is 14.5. The average Bonchev–Trinajstić information content (AvgIpc) is 2.93. The highest BCUT2D eigenvalue weighted by Crippen LogP contribution is 2.18. The second-order valence-electron chi connectivity index (χ2n) is 7.28. The van der Waals surface area contributed by atoms with Crippen LogP contribution in [-0.2, 0) is 6.42 Å². The van der Waals surface area contributed by atoms with Gasteiger partial charge in [-0.05, 0) is 60.9 Å². The first-order valence-electron chi connectivity index (χ1n) is 10.1. The molecule has 0 bridgehead atoms. The highest BCUT2D eigenvalue weighted by molar-refractivity contribution is 5.56. The van der Waals surface area contributed by atoms with Crippen molar-refractivity contribution in [1.29, 1.82) is 0 Å². The van der Waals surface area contributed by atoms with Gasteiger partial charge in [0.15, 0.2) is 0 Å². The molecule has 1 aromatic carbocycles. The van der Waals surface area contributed by atoms with Crippen LogP contribution in [0.25, 0.3) is 12.2 Å². The van der Waals surface area contributed by atoms with E-state index in [1.165, 1.54) is 0 Å². The Morgan fingerprint density at radius 3 is 2.90 bits per heavy atom. The fraction of sp³-hybridized carbons (Fsp3) is 0.192. The molecule has 1 aromatic heterocycles. The minimum atomic E-state index is -0.294. The number of nitrogens with one attached hydrogen (secondary N) is 1. The van der Waals surface area contributed by atoms with Gasteiger partial charge in [0.1, 0.15) is 5.42 Å². The molecule has 0 amide bonds. The number of anilines is 1. The Morgan fingerprint density at radius 1 is 1.33 bits per heavy atom. The van der Waals surface area contributed by atoms with Crippen LogP contribution in [0.4, 0.5) is 5.69 Å². The SMILES string of the molecule is C=C/C=C(\C=C/CNC)C1=CC=c2c(C)c(Cc3cccc(N)c3)c(=O)oc2=CC1. The maximum atomic E-state index is 12.7. The van der Waals surface area contributed by atoms with E-state index in [9.17, 15) is 4.79 Å². The number of benzene rings is 1. The zero-order valence-corrected chi connectivity index (χ0v) is 17.6. The second-order valence-corrected chi connectivity index (χ2v) is 7.28. The van der Waals surface area contributed by atoms with Crippen molar-refractivity contribution in [2.45, 2.75) is 19.8 Å². The third-order valence-electron chi connectivity index (χ3n) is 5.15. The van der Waals surface area contributed by atoms with Gasteiger partial charge in [-0.15, -0.1) is 0 Å². The van der Waals surface area contributed by atoms with Crippen LogP contribution in [-0.4, -0.2) is 13.6 Å². The van der Waals surface area contributed by atoms with Gasteiger partial charge in [0.05, 0.1) is 0 Å². The van der Waals surface area contributed by atoms with Crippen molar-refractivity contribution in [2.75, 3.05) is 19.3 Å². The van der Waals surface area contributed by atoms with Crippen LogP contribution in [0.2, 0.25) is 0 Å². The lowest BCUT2D eigenvalue weighted by atomic mass is 10.0. The Hall–Kier alpha value is -3.37. The summed E-state index contributed by atoms with van der Waals surface area (Å²) in [6, 6.07) is 7.60. The molecule has 0 atom stereocenters. The van der Waals surface area contributed by atoms with Crippen LogP contribution in [0.3, 0.4) is 0 Å². The molecule has 1 aliphatic rings. The molecule has 0 aliphatic heterocycles. The highest BCUT2D eigenvalue weighted by Gasteiger charge is 2.12. The van der Waals surface area contributed by atoms with Crippen molar-refractivity contribution in [3.05, 3.63) is 110 Å². The van der Waals surface area contributed by atoms with E-state index in [1.54, 1.807) is 6.08 Å². The fourth-order valence-electron chi connectivity index (χ4n) is 3.56. The number of rotatable bonds is 7. The summed E-state index contributed by atoms with van der Waals surface area (Å²) in [4.78, 5) is 12.7. The monoisotopic (exact) mass is 400 g/mol. The highest BCUT2D eigenvalue weighted by atomic mass is 16.4. The maximum Gasteiger partial charge on any atom is 0.340 e. The molecule has 4 nitrogen and oxygen atoms in total. The minimum absolute atomic E-state index is 0.294. The molecule has 0 fully saturated rings. The normalized spacial score (nSPS) is 13.8. The summed E-state index contributed by atoms with van der Waals surface area (Å²) < 4.78 is 5.71. The molecule has 0 saturated carbocycles. The molecule has 3 rings (SSSR count). The van der Waals surface area contributed by atoms with E-state index < -0.39 is 0 Å². The number of hydrogen-bond acceptors (Lipinski definition) is 4. The lowest BCUT2D eigenvalue weighted by Gasteiger charge is -2.06. The van der Waals surface area contributed by atoms with Crippen molar-refractivity contribution in [2.24, 2.45) is 0 Å². The molecule has 1 heterocycles. The van der Waals surface area contributed by atoms with Gasteiger partial charge in [-0.1, -0.05) is 55.2 Å². The van der Waals surface area contributed by atoms with Crippen LogP contribution in [0.1, 0.15) is 23.1 Å². The van der Waals surface area contributed by atoms with E-state index in [-0.39, 0.29) is 5.63 Å². The number of nitrogens with two attached hydrogens (primary N) is 1. The second kappa shape index (κ2) is 9.90. The van der Waals surface area contributed by atoms with Gasteiger partial charge in [0.25, 0.3) is 0 Å². The summed E-state index contributed by atoms with van der Waals surface area (Å²) in [5.74, 6) is 0. The summed E-state index contributed by atoms with van der Waals surface area (Å²) in [7, 11) is 1.91. The van der Waals surface area contributed by atoms with E-state index in [2.05, 4.69) is 30.1 Å². The predicted octanol–water partition coefficient (Wildman–Crippen LogP) is 2.90. The molecule has 154 valence electrons. The lowest BCUT2D eigenvalue weighted by Crippen LogP contribution is -2.34. The van der Waals surface area contributed by atoms with Crippen LogP contribution >= 0.6 is 0 Å². The van der Waals surface area contributed by atoms with E-state index >= 15 is 0 Å². The van der Waals surface area contributed by atoms with E-state index in [4.69, 9.17) is 10.2 Å². The van der Waals surface area contributed by atoms with E-state index in [1.807, 2.05) is 56.5 Å². The molecule has 0 spiro atoms. The van der Waals surface area contributed by atoms with Crippen LogP contribution in [0, 0.1) is 6.92 Å². The Morgan fingerprint density at radius 2 is 2.17 bits per heavy atom. The van der Waals surface area contributed by atoms with Crippen LogP contribution in [0.5, 0.6) is 0 Å². The molecule has 0 radical (unpaired) electrons. The van der Waals surface area contributed by atoms with Gasteiger partial charge in [-0.2, -0.15) is 0 Å². The van der Waals surface area contributed by atoms with Crippen molar-refractivity contribution < 1.29 is 4.42 Å². The molecule has 1 aliphatic carbocycles. The standard InChI is InChI=1S/C26H28N2O2/c1-4-7-20(9-6-15-28-3)21-11-13-23-18(2)24(26(29)30-25(23)14-12-21)17-19-8-5-10-22(27)16-19/h4-11,13-14,16,28H,1,12,15,17,27H2,2-3H3/b9-6-,20-7+. The zero-order valence-electron chi connectivity index (χ0n) is 17.6. The molecular weight excluding hydrogens is 372 g/mol. The number of fused-ring (bicyclic) bond motifs is 1. The topological polar surface area (TPSA) is 68.3 Å².